The summed E-state index contributed by atoms with van der Waals surface area (Å²) in [5.41, 5.74) is 2.43. The van der Waals surface area contributed by atoms with E-state index in [4.69, 9.17) is 27.9 Å². The highest BCUT2D eigenvalue weighted by Crippen LogP contribution is 2.27. The Morgan fingerprint density at radius 1 is 1.13 bits per heavy atom. The van der Waals surface area contributed by atoms with E-state index in [-0.39, 0.29) is 18.9 Å². The molecular formula is C23H24Cl2N2O4. The zero-order valence-corrected chi connectivity index (χ0v) is 18.7. The fraction of sp³-hybridized carbons (Fsp3) is 0.348. The van der Waals surface area contributed by atoms with Crippen LogP contribution in [0.15, 0.2) is 42.5 Å². The van der Waals surface area contributed by atoms with Crippen LogP contribution in [0.25, 0.3) is 0 Å². The number of carbonyl (C=O) groups is 3. The molecule has 31 heavy (non-hydrogen) atoms. The van der Waals surface area contributed by atoms with Crippen molar-refractivity contribution in [3.05, 3.63) is 58.1 Å². The van der Waals surface area contributed by atoms with Gasteiger partial charge in [0.1, 0.15) is 0 Å². The van der Waals surface area contributed by atoms with Gasteiger partial charge in [0.2, 0.25) is 5.91 Å². The van der Waals surface area contributed by atoms with Gasteiger partial charge in [-0.25, -0.2) is 0 Å². The maximum absolute atomic E-state index is 12.4. The third-order valence-corrected chi connectivity index (χ3v) is 5.81. The Bertz CT molecular complexity index is 963. The first kappa shape index (κ1) is 23.1. The minimum absolute atomic E-state index is 0.0603. The Labute approximate surface area is 191 Å². The van der Waals surface area contributed by atoms with Gasteiger partial charge in [-0.1, -0.05) is 48.7 Å². The first-order chi connectivity index (χ1) is 14.9. The summed E-state index contributed by atoms with van der Waals surface area (Å²) in [5, 5.41) is 3.26. The van der Waals surface area contributed by atoms with Crippen molar-refractivity contribution in [3.63, 3.8) is 0 Å². The topological polar surface area (TPSA) is 75.7 Å². The number of esters is 1. The SMILES string of the molecule is CCCCc1ccc(N2CC(C(=O)OCC(=O)Nc3ccc(Cl)c(Cl)c3)CC2=O)cc1. The number of benzene rings is 2. The van der Waals surface area contributed by atoms with Crippen LogP contribution in [-0.2, 0) is 25.5 Å². The summed E-state index contributed by atoms with van der Waals surface area (Å²) in [7, 11) is 0. The Kier molecular flexibility index (Phi) is 7.93. The van der Waals surface area contributed by atoms with Gasteiger partial charge in [0.25, 0.3) is 5.91 Å². The number of ether oxygens (including phenoxy) is 1. The summed E-state index contributed by atoms with van der Waals surface area (Å²) in [6.45, 7) is 1.93. The van der Waals surface area contributed by atoms with E-state index in [0.29, 0.717) is 15.7 Å². The highest BCUT2D eigenvalue weighted by atomic mass is 35.5. The second-order valence-corrected chi connectivity index (χ2v) is 8.27. The molecular weight excluding hydrogens is 439 g/mol. The first-order valence-electron chi connectivity index (χ1n) is 10.2. The van der Waals surface area contributed by atoms with E-state index < -0.39 is 24.4 Å². The van der Waals surface area contributed by atoms with Gasteiger partial charge in [0.15, 0.2) is 6.61 Å². The second-order valence-electron chi connectivity index (χ2n) is 7.46. The first-order valence-corrected chi connectivity index (χ1v) is 10.9. The molecule has 0 spiro atoms. The summed E-state index contributed by atoms with van der Waals surface area (Å²) in [5.74, 6) is -1.82. The zero-order valence-electron chi connectivity index (χ0n) is 17.2. The number of nitrogens with zero attached hydrogens (tertiary/aromatic N) is 1. The smallest absolute Gasteiger partial charge is 0.311 e. The molecule has 1 fully saturated rings. The van der Waals surface area contributed by atoms with E-state index in [1.165, 1.54) is 11.6 Å². The van der Waals surface area contributed by atoms with Crippen LogP contribution in [0.3, 0.4) is 0 Å². The molecule has 1 heterocycles. The summed E-state index contributed by atoms with van der Waals surface area (Å²) >= 11 is 11.8. The van der Waals surface area contributed by atoms with Crippen molar-refractivity contribution in [2.24, 2.45) is 5.92 Å². The molecule has 1 saturated heterocycles. The van der Waals surface area contributed by atoms with E-state index in [1.54, 1.807) is 17.0 Å². The molecule has 1 aliphatic rings. The number of hydrogen-bond donors (Lipinski definition) is 1. The average Bonchev–Trinajstić information content (AvgIpc) is 3.15. The molecule has 0 bridgehead atoms. The quantitative estimate of drug-likeness (QED) is 0.567. The third-order valence-electron chi connectivity index (χ3n) is 5.07. The van der Waals surface area contributed by atoms with Crippen molar-refractivity contribution in [3.8, 4) is 0 Å². The Morgan fingerprint density at radius 3 is 2.55 bits per heavy atom. The van der Waals surface area contributed by atoms with Crippen molar-refractivity contribution < 1.29 is 19.1 Å². The van der Waals surface area contributed by atoms with Crippen molar-refractivity contribution in [2.45, 2.75) is 32.6 Å². The van der Waals surface area contributed by atoms with Crippen molar-refractivity contribution in [1.29, 1.82) is 0 Å². The summed E-state index contributed by atoms with van der Waals surface area (Å²) in [4.78, 5) is 38.4. The van der Waals surface area contributed by atoms with E-state index in [9.17, 15) is 14.4 Å². The molecule has 6 nitrogen and oxygen atoms in total. The fourth-order valence-corrected chi connectivity index (χ4v) is 3.66. The molecule has 0 aromatic heterocycles. The van der Waals surface area contributed by atoms with E-state index in [0.717, 1.165) is 24.9 Å². The lowest BCUT2D eigenvalue weighted by molar-refractivity contribution is -0.151. The highest BCUT2D eigenvalue weighted by molar-refractivity contribution is 6.42. The van der Waals surface area contributed by atoms with Crippen LogP contribution in [-0.4, -0.2) is 30.9 Å². The highest BCUT2D eigenvalue weighted by Gasteiger charge is 2.36. The molecule has 0 radical (unpaired) electrons. The van der Waals surface area contributed by atoms with Gasteiger partial charge in [-0.05, 0) is 48.7 Å². The van der Waals surface area contributed by atoms with Crippen molar-refractivity contribution in [2.75, 3.05) is 23.4 Å². The third kappa shape index (κ3) is 6.21. The second kappa shape index (κ2) is 10.6. The summed E-state index contributed by atoms with van der Waals surface area (Å²) in [6.07, 6.45) is 3.31. The molecule has 1 aliphatic heterocycles. The van der Waals surface area contributed by atoms with Gasteiger partial charge in [-0.15, -0.1) is 0 Å². The van der Waals surface area contributed by atoms with Gasteiger partial charge in [0.05, 0.1) is 16.0 Å². The van der Waals surface area contributed by atoms with E-state index in [1.807, 2.05) is 24.3 Å². The number of halogens is 2. The standard InChI is InChI=1S/C23H24Cl2N2O4/c1-2-3-4-15-5-8-18(9-6-15)27-13-16(11-22(27)29)23(30)31-14-21(28)26-17-7-10-19(24)20(25)12-17/h5-10,12,16H,2-4,11,13-14H2,1H3,(H,26,28). The lowest BCUT2D eigenvalue weighted by Gasteiger charge is -2.17. The molecule has 1 atom stereocenters. The van der Waals surface area contributed by atoms with Crippen LogP contribution in [0.4, 0.5) is 11.4 Å². The lowest BCUT2D eigenvalue weighted by atomic mass is 10.1. The van der Waals surface area contributed by atoms with Crippen LogP contribution >= 0.6 is 23.2 Å². The molecule has 2 aromatic rings. The lowest BCUT2D eigenvalue weighted by Crippen LogP contribution is -2.28. The average molecular weight is 463 g/mol. The largest absolute Gasteiger partial charge is 0.455 e. The van der Waals surface area contributed by atoms with Crippen LogP contribution in [0, 0.1) is 5.92 Å². The van der Waals surface area contributed by atoms with Crippen LogP contribution in [0.1, 0.15) is 31.7 Å². The molecule has 1 unspecified atom stereocenters. The maximum atomic E-state index is 12.4. The number of anilines is 2. The Balaban J connectivity index is 1.50. The molecule has 8 heteroatoms. The molecule has 0 aliphatic carbocycles. The van der Waals surface area contributed by atoms with Crippen molar-refractivity contribution in [1.82, 2.24) is 0 Å². The zero-order chi connectivity index (χ0) is 22.4. The van der Waals surface area contributed by atoms with Crippen LogP contribution in [0.2, 0.25) is 10.0 Å². The number of amides is 2. The normalized spacial score (nSPS) is 15.8. The molecule has 164 valence electrons. The molecule has 2 aromatic carbocycles. The minimum atomic E-state index is -0.606. The summed E-state index contributed by atoms with van der Waals surface area (Å²) in [6, 6.07) is 12.5. The number of nitrogens with one attached hydrogen (secondary N) is 1. The molecule has 0 saturated carbocycles. The predicted molar refractivity (Wildman–Crippen MR) is 122 cm³/mol. The van der Waals surface area contributed by atoms with E-state index in [2.05, 4.69) is 12.2 Å². The van der Waals surface area contributed by atoms with Gasteiger partial charge in [-0.3, -0.25) is 14.4 Å². The van der Waals surface area contributed by atoms with Crippen LogP contribution in [0.5, 0.6) is 0 Å². The van der Waals surface area contributed by atoms with Gasteiger partial charge in [0, 0.05) is 24.3 Å². The number of unbranched alkanes of at least 4 members (excludes halogenated alkanes) is 1. The van der Waals surface area contributed by atoms with Gasteiger partial charge in [-0.2, -0.15) is 0 Å². The van der Waals surface area contributed by atoms with Crippen molar-refractivity contribution >= 4 is 52.4 Å². The fourth-order valence-electron chi connectivity index (χ4n) is 3.36. The molecule has 2 amide bonds. The number of carbonyl (C=O) groups excluding carboxylic acids is 3. The molecule has 1 N–H and O–H groups in total. The van der Waals surface area contributed by atoms with Gasteiger partial charge >= 0.3 is 5.97 Å². The molecule has 3 rings (SSSR count). The minimum Gasteiger partial charge on any atom is -0.455 e. The summed E-state index contributed by atoms with van der Waals surface area (Å²) < 4.78 is 5.12. The predicted octanol–water partition coefficient (Wildman–Crippen LogP) is 4.87. The number of rotatable bonds is 8. The van der Waals surface area contributed by atoms with Crippen LogP contribution < -0.4 is 10.2 Å². The Hall–Kier alpha value is -2.57. The number of aryl methyl sites for hydroxylation is 1. The maximum Gasteiger partial charge on any atom is 0.311 e. The number of hydrogen-bond acceptors (Lipinski definition) is 4. The monoisotopic (exact) mass is 462 g/mol. The van der Waals surface area contributed by atoms with E-state index >= 15 is 0 Å². The van der Waals surface area contributed by atoms with Gasteiger partial charge < -0.3 is 15.0 Å². The Morgan fingerprint density at radius 2 is 1.87 bits per heavy atom.